The molecule has 0 radical (unpaired) electrons. The van der Waals surface area contributed by atoms with Crippen LogP contribution in [0.2, 0.25) is 0 Å². The molecule has 0 fully saturated rings. The van der Waals surface area contributed by atoms with E-state index < -0.39 is 17.7 Å². The number of benzene rings is 3. The normalized spacial score (nSPS) is 10.6. The Balaban J connectivity index is 1.63. The van der Waals surface area contributed by atoms with E-state index in [1.54, 1.807) is 0 Å². The number of aryl methyl sites for hydroxylation is 1. The summed E-state index contributed by atoms with van der Waals surface area (Å²) in [5.74, 6) is -1.89. The van der Waals surface area contributed by atoms with Crippen molar-refractivity contribution in [2.45, 2.75) is 19.3 Å². The number of esters is 2. The fraction of sp³-hybridized carbons (Fsp3) is 0.250. The Labute approximate surface area is 175 Å². The predicted molar refractivity (Wildman–Crippen MR) is 113 cm³/mol. The zero-order chi connectivity index (χ0) is 21.5. The second-order valence-corrected chi connectivity index (χ2v) is 6.76. The maximum absolute atomic E-state index is 12.0. The molecular formula is C24H24O6. The molecule has 3 rings (SSSR count). The fourth-order valence-corrected chi connectivity index (χ4v) is 3.39. The van der Waals surface area contributed by atoms with Gasteiger partial charge in [0.25, 0.3) is 0 Å². The Kier molecular flexibility index (Phi) is 6.91. The van der Waals surface area contributed by atoms with Crippen molar-refractivity contribution >= 4 is 22.7 Å². The second kappa shape index (κ2) is 9.78. The molecule has 0 amide bonds. The van der Waals surface area contributed by atoms with E-state index >= 15 is 0 Å². The predicted octanol–water partition coefficient (Wildman–Crippen LogP) is 4.52. The van der Waals surface area contributed by atoms with Gasteiger partial charge in [-0.3, -0.25) is 0 Å². The van der Waals surface area contributed by atoms with Gasteiger partial charge < -0.3 is 19.3 Å². The van der Waals surface area contributed by atoms with Crippen LogP contribution in [0, 0.1) is 0 Å². The zero-order valence-corrected chi connectivity index (χ0v) is 17.0. The summed E-state index contributed by atoms with van der Waals surface area (Å²) >= 11 is 0. The second-order valence-electron chi connectivity index (χ2n) is 6.76. The molecule has 0 saturated heterocycles. The average Bonchev–Trinajstić information content (AvgIpc) is 2.78. The van der Waals surface area contributed by atoms with E-state index in [-0.39, 0.29) is 16.9 Å². The van der Waals surface area contributed by atoms with Gasteiger partial charge in [0.15, 0.2) is 11.5 Å². The molecule has 0 aromatic heterocycles. The number of ether oxygens (including phenoxy) is 3. The topological polar surface area (TPSA) is 82.1 Å². The Morgan fingerprint density at radius 2 is 1.60 bits per heavy atom. The number of aromatic hydroxyl groups is 1. The maximum atomic E-state index is 12.0. The molecule has 0 aliphatic carbocycles. The maximum Gasteiger partial charge on any atom is 0.342 e. The molecule has 6 nitrogen and oxygen atoms in total. The molecule has 0 spiro atoms. The Morgan fingerprint density at radius 3 is 2.37 bits per heavy atom. The van der Waals surface area contributed by atoms with E-state index in [1.807, 2.05) is 12.1 Å². The van der Waals surface area contributed by atoms with Gasteiger partial charge >= 0.3 is 11.9 Å². The number of phenolic OH excluding ortho intramolecular Hbond substituents is 1. The summed E-state index contributed by atoms with van der Waals surface area (Å²) in [5.41, 5.74) is 0.939. The lowest BCUT2D eigenvalue weighted by molar-refractivity contribution is 0.0551. The summed E-state index contributed by atoms with van der Waals surface area (Å²) in [6.45, 7) is 0.358. The summed E-state index contributed by atoms with van der Waals surface area (Å²) in [4.78, 5) is 23.9. The van der Waals surface area contributed by atoms with Crippen molar-refractivity contribution < 1.29 is 28.9 Å². The minimum Gasteiger partial charge on any atom is -0.504 e. The lowest BCUT2D eigenvalue weighted by Crippen LogP contribution is -2.13. The molecular weight excluding hydrogens is 384 g/mol. The minimum absolute atomic E-state index is 0.0786. The molecule has 156 valence electrons. The zero-order valence-electron chi connectivity index (χ0n) is 17.0. The number of carbonyl (C=O) groups is 2. The van der Waals surface area contributed by atoms with E-state index in [4.69, 9.17) is 4.74 Å². The van der Waals surface area contributed by atoms with E-state index in [0.717, 1.165) is 19.3 Å². The summed E-state index contributed by atoms with van der Waals surface area (Å²) < 4.78 is 15.0. The molecule has 0 bridgehead atoms. The number of phenols is 1. The highest BCUT2D eigenvalue weighted by Crippen LogP contribution is 2.33. The van der Waals surface area contributed by atoms with E-state index in [1.165, 1.54) is 42.7 Å². The number of hydrogen-bond donors (Lipinski definition) is 1. The van der Waals surface area contributed by atoms with E-state index in [2.05, 4.69) is 39.8 Å². The van der Waals surface area contributed by atoms with Gasteiger partial charge in [0.1, 0.15) is 5.56 Å². The van der Waals surface area contributed by atoms with Gasteiger partial charge in [-0.1, -0.05) is 42.5 Å². The summed E-state index contributed by atoms with van der Waals surface area (Å²) in [7, 11) is 2.37. The number of hydrogen-bond acceptors (Lipinski definition) is 6. The monoisotopic (exact) mass is 408 g/mol. The van der Waals surface area contributed by atoms with Crippen molar-refractivity contribution in [3.8, 4) is 11.5 Å². The van der Waals surface area contributed by atoms with Crippen LogP contribution in [-0.2, 0) is 15.9 Å². The Hall–Kier alpha value is -3.54. The Morgan fingerprint density at radius 1 is 0.867 bits per heavy atom. The first-order valence-electron chi connectivity index (χ1n) is 9.69. The van der Waals surface area contributed by atoms with Crippen molar-refractivity contribution in [1.82, 2.24) is 0 Å². The standard InChI is InChI=1S/C24H24O6/c1-28-23(26)19-13-14-20(22(25)21(19)24(27)29-2)30-15-6-5-9-17-11-7-10-16-8-3-4-12-18(16)17/h3-4,7-8,10-14,25H,5-6,9,15H2,1-2H3. The highest BCUT2D eigenvalue weighted by Gasteiger charge is 2.25. The third-order valence-electron chi connectivity index (χ3n) is 4.91. The first kappa shape index (κ1) is 21.2. The van der Waals surface area contributed by atoms with Crippen LogP contribution in [-0.4, -0.2) is 37.9 Å². The molecule has 0 saturated carbocycles. The molecule has 0 aliphatic heterocycles. The highest BCUT2D eigenvalue weighted by molar-refractivity contribution is 6.05. The molecule has 3 aromatic carbocycles. The third kappa shape index (κ3) is 4.54. The molecule has 30 heavy (non-hydrogen) atoms. The largest absolute Gasteiger partial charge is 0.504 e. The number of rotatable bonds is 8. The van der Waals surface area contributed by atoms with Gasteiger partial charge in [0, 0.05) is 0 Å². The highest BCUT2D eigenvalue weighted by atomic mass is 16.5. The minimum atomic E-state index is -0.839. The molecule has 6 heteroatoms. The quantitative estimate of drug-likeness (QED) is 0.436. The number of unbranched alkanes of at least 4 members (excludes halogenated alkanes) is 1. The van der Waals surface area contributed by atoms with Crippen LogP contribution < -0.4 is 4.74 Å². The summed E-state index contributed by atoms with van der Waals surface area (Å²) in [5, 5.41) is 12.9. The van der Waals surface area contributed by atoms with Crippen LogP contribution in [0.5, 0.6) is 11.5 Å². The van der Waals surface area contributed by atoms with Crippen molar-refractivity contribution in [3.63, 3.8) is 0 Å². The summed E-state index contributed by atoms with van der Waals surface area (Å²) in [6.07, 6.45) is 2.57. The van der Waals surface area contributed by atoms with Crippen molar-refractivity contribution in [2.24, 2.45) is 0 Å². The third-order valence-corrected chi connectivity index (χ3v) is 4.91. The number of methoxy groups -OCH3 is 2. The van der Waals surface area contributed by atoms with Gasteiger partial charge in [0.05, 0.1) is 26.4 Å². The van der Waals surface area contributed by atoms with Crippen LogP contribution in [0.25, 0.3) is 10.8 Å². The van der Waals surface area contributed by atoms with Crippen LogP contribution in [0.3, 0.4) is 0 Å². The van der Waals surface area contributed by atoms with Crippen molar-refractivity contribution in [3.05, 3.63) is 71.3 Å². The summed E-state index contributed by atoms with van der Waals surface area (Å²) in [6, 6.07) is 17.4. The van der Waals surface area contributed by atoms with E-state index in [0.29, 0.717) is 6.61 Å². The number of fused-ring (bicyclic) bond motifs is 1. The molecule has 0 unspecified atom stereocenters. The first-order chi connectivity index (χ1) is 14.6. The average molecular weight is 408 g/mol. The lowest BCUT2D eigenvalue weighted by atomic mass is 10.0. The lowest BCUT2D eigenvalue weighted by Gasteiger charge is -2.13. The van der Waals surface area contributed by atoms with Crippen LogP contribution in [0.15, 0.2) is 54.6 Å². The molecule has 0 atom stereocenters. The first-order valence-corrected chi connectivity index (χ1v) is 9.69. The smallest absolute Gasteiger partial charge is 0.342 e. The van der Waals surface area contributed by atoms with Crippen LogP contribution in [0.4, 0.5) is 0 Å². The van der Waals surface area contributed by atoms with Gasteiger partial charge in [-0.05, 0) is 47.7 Å². The van der Waals surface area contributed by atoms with Gasteiger partial charge in [-0.25, -0.2) is 9.59 Å². The molecule has 0 heterocycles. The number of carbonyl (C=O) groups excluding carboxylic acids is 2. The van der Waals surface area contributed by atoms with Crippen molar-refractivity contribution in [2.75, 3.05) is 20.8 Å². The van der Waals surface area contributed by atoms with Gasteiger partial charge in [-0.2, -0.15) is 0 Å². The van der Waals surface area contributed by atoms with Gasteiger partial charge in [-0.15, -0.1) is 0 Å². The molecule has 3 aromatic rings. The molecule has 1 N–H and O–H groups in total. The van der Waals surface area contributed by atoms with Crippen molar-refractivity contribution in [1.29, 1.82) is 0 Å². The van der Waals surface area contributed by atoms with E-state index in [9.17, 15) is 14.7 Å². The fourth-order valence-electron chi connectivity index (χ4n) is 3.39. The van der Waals surface area contributed by atoms with Crippen LogP contribution in [0.1, 0.15) is 39.1 Å². The van der Waals surface area contributed by atoms with Gasteiger partial charge in [0.2, 0.25) is 0 Å². The van der Waals surface area contributed by atoms with Crippen LogP contribution >= 0.6 is 0 Å². The molecule has 0 aliphatic rings. The SMILES string of the molecule is COC(=O)c1ccc(OCCCCc2cccc3ccccc23)c(O)c1C(=O)OC. The Bertz CT molecular complexity index is 1050.